The fourth-order valence-corrected chi connectivity index (χ4v) is 4.53. The Morgan fingerprint density at radius 1 is 1.18 bits per heavy atom. The van der Waals surface area contributed by atoms with Crippen LogP contribution in [-0.2, 0) is 32.8 Å². The summed E-state index contributed by atoms with van der Waals surface area (Å²) in [5.74, 6) is -1.29. The zero-order valence-corrected chi connectivity index (χ0v) is 17.9. The Balaban J connectivity index is 1.64. The lowest BCUT2D eigenvalue weighted by Gasteiger charge is -2.17. The highest BCUT2D eigenvalue weighted by atomic mass is 32.2. The average molecular weight is 485 g/mol. The molecule has 2 N–H and O–H groups in total. The molecule has 0 saturated carbocycles. The number of ether oxygens (including phenoxy) is 1. The number of fused-ring (bicyclic) bond motifs is 1. The lowest BCUT2D eigenvalue weighted by molar-refractivity contribution is -0.137. The van der Waals surface area contributed by atoms with Crippen molar-refractivity contribution in [1.29, 1.82) is 0 Å². The van der Waals surface area contributed by atoms with Gasteiger partial charge in [-0.25, -0.2) is 13.2 Å². The van der Waals surface area contributed by atoms with Gasteiger partial charge in [-0.2, -0.15) is 13.2 Å². The summed E-state index contributed by atoms with van der Waals surface area (Å²) < 4.78 is 79.8. The van der Waals surface area contributed by atoms with Crippen molar-refractivity contribution in [2.45, 2.75) is 30.0 Å². The van der Waals surface area contributed by atoms with Gasteiger partial charge in [0, 0.05) is 25.4 Å². The first-order chi connectivity index (χ1) is 15.5. The van der Waals surface area contributed by atoms with Crippen molar-refractivity contribution in [1.82, 2.24) is 4.57 Å². The summed E-state index contributed by atoms with van der Waals surface area (Å²) in [7, 11) is -3.04. The second-order valence-corrected chi connectivity index (χ2v) is 9.09. The number of aryl methyl sites for hydroxylation is 1. The molecule has 0 radical (unpaired) electrons. The van der Waals surface area contributed by atoms with E-state index in [0.29, 0.717) is 31.0 Å². The highest BCUT2D eigenvalue weighted by molar-refractivity contribution is 7.92. The number of oxazole rings is 1. The lowest BCUT2D eigenvalue weighted by Crippen LogP contribution is -2.27. The zero-order valence-electron chi connectivity index (χ0n) is 17.1. The van der Waals surface area contributed by atoms with E-state index in [0.717, 1.165) is 28.8 Å². The van der Waals surface area contributed by atoms with Crippen LogP contribution in [0.25, 0.3) is 11.1 Å². The highest BCUT2D eigenvalue weighted by Crippen LogP contribution is 2.37. The van der Waals surface area contributed by atoms with E-state index < -0.39 is 50.1 Å². The topological polar surface area (TPSA) is 120 Å². The fourth-order valence-electron chi connectivity index (χ4n) is 3.44. The maximum atomic E-state index is 13.7. The standard InChI is InChI=1S/C20H18F3N3O6S/c1-26-15-7-5-12(10-17(15)32-19(26)28)33(29,30)25-14-6-4-11(9-13(14)20(21,22)23)24-18(27)16-3-2-8-31-16/h4-7,9-10,16,25H,2-3,8H2,1H3,(H,24,27)/t16-/m0/s1. The maximum Gasteiger partial charge on any atom is 0.419 e. The molecule has 1 amide bonds. The molecule has 9 nitrogen and oxygen atoms in total. The number of sulfonamides is 1. The monoisotopic (exact) mass is 485 g/mol. The van der Waals surface area contributed by atoms with Crippen molar-refractivity contribution < 1.29 is 35.5 Å². The van der Waals surface area contributed by atoms with E-state index in [2.05, 4.69) is 5.32 Å². The van der Waals surface area contributed by atoms with Crippen LogP contribution < -0.4 is 15.8 Å². The number of anilines is 2. The molecule has 2 heterocycles. The van der Waals surface area contributed by atoms with Gasteiger partial charge in [-0.3, -0.25) is 14.1 Å². The van der Waals surface area contributed by atoms with Gasteiger partial charge < -0.3 is 14.5 Å². The Bertz CT molecular complexity index is 1390. The van der Waals surface area contributed by atoms with Gasteiger partial charge in [0.25, 0.3) is 15.9 Å². The molecular weight excluding hydrogens is 467 g/mol. The van der Waals surface area contributed by atoms with E-state index in [1.165, 1.54) is 13.1 Å². The Labute approximate surface area is 185 Å². The van der Waals surface area contributed by atoms with Crippen molar-refractivity contribution in [2.24, 2.45) is 7.05 Å². The molecule has 33 heavy (non-hydrogen) atoms. The van der Waals surface area contributed by atoms with Gasteiger partial charge in [0.05, 0.1) is 21.7 Å². The molecule has 1 aliphatic rings. The Hall–Kier alpha value is -3.32. The quantitative estimate of drug-likeness (QED) is 0.573. The van der Waals surface area contributed by atoms with E-state index in [1.54, 1.807) is 0 Å². The highest BCUT2D eigenvalue weighted by Gasteiger charge is 2.35. The minimum absolute atomic E-state index is 0.0337. The Kier molecular flexibility index (Phi) is 5.70. The molecule has 3 aromatic rings. The number of hydrogen-bond acceptors (Lipinski definition) is 6. The summed E-state index contributed by atoms with van der Waals surface area (Å²) in [5.41, 5.74) is -1.89. The molecule has 1 atom stereocenters. The van der Waals surface area contributed by atoms with Gasteiger partial charge in [0.2, 0.25) is 0 Å². The molecular formula is C20H18F3N3O6S. The number of aromatic nitrogens is 1. The number of halogens is 3. The van der Waals surface area contributed by atoms with E-state index in [1.807, 2.05) is 4.72 Å². The van der Waals surface area contributed by atoms with Crippen LogP contribution in [0, 0.1) is 0 Å². The number of alkyl halides is 3. The number of carbonyl (C=O) groups is 1. The Morgan fingerprint density at radius 3 is 2.61 bits per heavy atom. The van der Waals surface area contributed by atoms with Crippen LogP contribution >= 0.6 is 0 Å². The molecule has 13 heteroatoms. The summed E-state index contributed by atoms with van der Waals surface area (Å²) in [6.07, 6.45) is -4.53. The predicted molar refractivity (Wildman–Crippen MR) is 111 cm³/mol. The van der Waals surface area contributed by atoms with Gasteiger partial charge in [-0.1, -0.05) is 0 Å². The third kappa shape index (κ3) is 4.59. The number of carbonyl (C=O) groups excluding carboxylic acids is 1. The first-order valence-corrected chi connectivity index (χ1v) is 11.2. The number of nitrogens with zero attached hydrogens (tertiary/aromatic N) is 1. The summed E-state index contributed by atoms with van der Waals surface area (Å²) in [4.78, 5) is 23.4. The van der Waals surface area contributed by atoms with E-state index in [-0.39, 0.29) is 11.3 Å². The van der Waals surface area contributed by atoms with Gasteiger partial charge >= 0.3 is 11.9 Å². The second-order valence-electron chi connectivity index (χ2n) is 7.41. The molecule has 2 aromatic carbocycles. The van der Waals surface area contributed by atoms with Crippen LogP contribution in [0.1, 0.15) is 18.4 Å². The van der Waals surface area contributed by atoms with Crippen LogP contribution in [0.4, 0.5) is 24.5 Å². The second kappa shape index (κ2) is 8.23. The average Bonchev–Trinajstić information content (AvgIpc) is 3.37. The Morgan fingerprint density at radius 2 is 1.94 bits per heavy atom. The molecule has 1 aromatic heterocycles. The molecule has 176 valence electrons. The van der Waals surface area contributed by atoms with Crippen LogP contribution in [0.15, 0.2) is 50.5 Å². The van der Waals surface area contributed by atoms with Gasteiger partial charge in [0.1, 0.15) is 6.10 Å². The number of hydrogen-bond donors (Lipinski definition) is 2. The van der Waals surface area contributed by atoms with Crippen LogP contribution in [0.2, 0.25) is 0 Å². The smallest absolute Gasteiger partial charge is 0.408 e. The number of nitrogens with one attached hydrogen (secondary N) is 2. The molecule has 1 fully saturated rings. The third-order valence-corrected chi connectivity index (χ3v) is 6.50. The van der Waals surface area contributed by atoms with Crippen LogP contribution in [-0.4, -0.2) is 31.6 Å². The number of amides is 1. The summed E-state index contributed by atoms with van der Waals surface area (Å²) in [6.45, 7) is 0.394. The number of benzene rings is 2. The molecule has 1 saturated heterocycles. The predicted octanol–water partition coefficient (Wildman–Crippen LogP) is 3.07. The van der Waals surface area contributed by atoms with Gasteiger partial charge in [0.15, 0.2) is 5.58 Å². The SMILES string of the molecule is Cn1c(=O)oc2cc(S(=O)(=O)Nc3ccc(NC(=O)[C@@H]4CCCO4)cc3C(F)(F)F)ccc21. The molecule has 0 bridgehead atoms. The van der Waals surface area contributed by atoms with E-state index in [9.17, 15) is 31.2 Å². The van der Waals surface area contributed by atoms with Crippen molar-refractivity contribution in [3.05, 3.63) is 52.5 Å². The lowest BCUT2D eigenvalue weighted by atomic mass is 10.1. The fraction of sp³-hybridized carbons (Fsp3) is 0.300. The molecule has 1 aliphatic heterocycles. The third-order valence-electron chi connectivity index (χ3n) is 5.13. The van der Waals surface area contributed by atoms with Crippen molar-refractivity contribution in [3.63, 3.8) is 0 Å². The minimum atomic E-state index is -4.92. The number of rotatable bonds is 5. The largest absolute Gasteiger partial charge is 0.419 e. The summed E-state index contributed by atoms with van der Waals surface area (Å²) in [6, 6.07) is 6.20. The van der Waals surface area contributed by atoms with Crippen LogP contribution in [0.3, 0.4) is 0 Å². The first kappa shape index (κ1) is 22.9. The van der Waals surface area contributed by atoms with Crippen LogP contribution in [0.5, 0.6) is 0 Å². The summed E-state index contributed by atoms with van der Waals surface area (Å²) in [5, 5.41) is 2.36. The van der Waals surface area contributed by atoms with Crippen molar-refractivity contribution in [3.8, 4) is 0 Å². The van der Waals surface area contributed by atoms with E-state index in [4.69, 9.17) is 9.15 Å². The van der Waals surface area contributed by atoms with Crippen molar-refractivity contribution in [2.75, 3.05) is 16.6 Å². The normalized spacial score (nSPS) is 16.8. The van der Waals surface area contributed by atoms with E-state index >= 15 is 0 Å². The van der Waals surface area contributed by atoms with Crippen molar-refractivity contribution >= 4 is 38.4 Å². The molecule has 0 spiro atoms. The molecule has 0 aliphatic carbocycles. The maximum absolute atomic E-state index is 13.7. The van der Waals surface area contributed by atoms with Gasteiger partial charge in [-0.15, -0.1) is 0 Å². The molecule has 0 unspecified atom stereocenters. The first-order valence-electron chi connectivity index (χ1n) is 9.72. The molecule has 4 rings (SSSR count). The minimum Gasteiger partial charge on any atom is -0.408 e. The zero-order chi connectivity index (χ0) is 24.0. The summed E-state index contributed by atoms with van der Waals surface area (Å²) >= 11 is 0. The van der Waals surface area contributed by atoms with Gasteiger partial charge in [-0.05, 0) is 43.2 Å².